The second-order valence-electron chi connectivity index (χ2n) is 7.85. The van der Waals surface area contributed by atoms with Crippen LogP contribution in [0.15, 0.2) is 72.4 Å². The second-order valence-corrected chi connectivity index (χ2v) is 7.85. The number of amides is 2. The summed E-state index contributed by atoms with van der Waals surface area (Å²) in [5.74, 6) is -1.36. The zero-order valence-corrected chi connectivity index (χ0v) is 17.7. The first-order valence-electron chi connectivity index (χ1n) is 10.1. The van der Waals surface area contributed by atoms with E-state index in [1.807, 2.05) is 63.2 Å². The fraction of sp³-hybridized carbons (Fsp3) is 0.154. The van der Waals surface area contributed by atoms with Gasteiger partial charge in [0.05, 0.1) is 12.1 Å². The number of benzene rings is 3. The molecule has 5 heteroatoms. The molecule has 0 aliphatic carbocycles. The summed E-state index contributed by atoms with van der Waals surface area (Å²) in [4.78, 5) is 27.8. The number of rotatable bonds is 5. The largest absolute Gasteiger partial charge is 0.350 e. The lowest BCUT2D eigenvalue weighted by Crippen LogP contribution is -2.32. The Morgan fingerprint density at radius 1 is 0.839 bits per heavy atom. The third-order valence-corrected chi connectivity index (χ3v) is 5.44. The van der Waals surface area contributed by atoms with Crippen LogP contribution in [0.3, 0.4) is 0 Å². The van der Waals surface area contributed by atoms with Gasteiger partial charge in [-0.15, -0.1) is 0 Å². The zero-order chi connectivity index (χ0) is 22.1. The monoisotopic (exact) mass is 414 g/mol. The predicted octanol–water partition coefficient (Wildman–Crippen LogP) is 5.14. The minimum Gasteiger partial charge on any atom is -0.350 e. The molecule has 0 saturated heterocycles. The Balaban J connectivity index is 1.77. The number of hydrogen-bond donors (Lipinski definition) is 1. The number of aryl methyl sites for hydroxylation is 3. The molecule has 1 aliphatic rings. The SMILES string of the molecule is Cc1ccc(C2=C(Nc3ccc(C)cc3C)C(=O)N(Cc3ccccc3F)C2=O)cc1. The minimum absolute atomic E-state index is 0.127. The van der Waals surface area contributed by atoms with Crippen LogP contribution < -0.4 is 5.32 Å². The van der Waals surface area contributed by atoms with E-state index in [0.717, 1.165) is 27.3 Å². The molecule has 0 atom stereocenters. The third kappa shape index (κ3) is 3.99. The summed E-state index contributed by atoms with van der Waals surface area (Å²) in [6.07, 6.45) is 0. The zero-order valence-electron chi connectivity index (χ0n) is 17.7. The van der Waals surface area contributed by atoms with Crippen LogP contribution in [0.2, 0.25) is 0 Å². The maximum Gasteiger partial charge on any atom is 0.278 e. The fourth-order valence-corrected chi connectivity index (χ4v) is 3.71. The number of anilines is 1. The maximum atomic E-state index is 14.2. The molecular weight excluding hydrogens is 391 g/mol. The van der Waals surface area contributed by atoms with E-state index in [0.29, 0.717) is 16.7 Å². The van der Waals surface area contributed by atoms with Crippen LogP contribution in [-0.4, -0.2) is 16.7 Å². The molecule has 1 N–H and O–H groups in total. The highest BCUT2D eigenvalue weighted by atomic mass is 19.1. The summed E-state index contributed by atoms with van der Waals surface area (Å²) in [5, 5.41) is 3.18. The van der Waals surface area contributed by atoms with Crippen LogP contribution in [0.5, 0.6) is 0 Å². The van der Waals surface area contributed by atoms with Gasteiger partial charge in [0.15, 0.2) is 0 Å². The number of nitrogens with one attached hydrogen (secondary N) is 1. The minimum atomic E-state index is -0.469. The lowest BCUT2D eigenvalue weighted by atomic mass is 10.0. The number of nitrogens with zero attached hydrogens (tertiary/aromatic N) is 1. The number of imide groups is 1. The molecule has 1 heterocycles. The van der Waals surface area contributed by atoms with Gasteiger partial charge in [0, 0.05) is 11.3 Å². The Labute approximate surface area is 181 Å². The molecule has 3 aromatic carbocycles. The summed E-state index contributed by atoms with van der Waals surface area (Å²) in [6, 6.07) is 19.5. The van der Waals surface area contributed by atoms with Crippen molar-refractivity contribution in [3.63, 3.8) is 0 Å². The average molecular weight is 414 g/mol. The lowest BCUT2D eigenvalue weighted by molar-refractivity contribution is -0.137. The Hall–Kier alpha value is -3.73. The van der Waals surface area contributed by atoms with Crippen molar-refractivity contribution in [1.82, 2.24) is 4.90 Å². The second kappa shape index (κ2) is 8.19. The van der Waals surface area contributed by atoms with Crippen molar-refractivity contribution in [3.05, 3.63) is 106 Å². The van der Waals surface area contributed by atoms with Gasteiger partial charge >= 0.3 is 0 Å². The normalized spacial score (nSPS) is 13.9. The average Bonchev–Trinajstić information content (AvgIpc) is 2.96. The first kappa shape index (κ1) is 20.5. The van der Waals surface area contributed by atoms with Gasteiger partial charge in [0.25, 0.3) is 11.8 Å². The topological polar surface area (TPSA) is 49.4 Å². The smallest absolute Gasteiger partial charge is 0.278 e. The first-order valence-corrected chi connectivity index (χ1v) is 10.1. The van der Waals surface area contributed by atoms with Gasteiger partial charge < -0.3 is 5.32 Å². The van der Waals surface area contributed by atoms with Crippen molar-refractivity contribution in [2.45, 2.75) is 27.3 Å². The van der Waals surface area contributed by atoms with E-state index >= 15 is 0 Å². The number of hydrogen-bond acceptors (Lipinski definition) is 3. The van der Waals surface area contributed by atoms with Gasteiger partial charge in [-0.2, -0.15) is 0 Å². The number of halogens is 1. The third-order valence-electron chi connectivity index (χ3n) is 5.44. The van der Waals surface area contributed by atoms with Gasteiger partial charge in [-0.3, -0.25) is 14.5 Å². The van der Waals surface area contributed by atoms with Crippen LogP contribution >= 0.6 is 0 Å². The molecule has 156 valence electrons. The van der Waals surface area contributed by atoms with Crippen LogP contribution in [0, 0.1) is 26.6 Å². The predicted molar refractivity (Wildman–Crippen MR) is 120 cm³/mol. The maximum absolute atomic E-state index is 14.2. The number of carbonyl (C=O) groups is 2. The van der Waals surface area contributed by atoms with Gasteiger partial charge in [0.2, 0.25) is 0 Å². The van der Waals surface area contributed by atoms with Crippen molar-refractivity contribution < 1.29 is 14.0 Å². The van der Waals surface area contributed by atoms with E-state index in [4.69, 9.17) is 0 Å². The van der Waals surface area contributed by atoms with E-state index < -0.39 is 17.6 Å². The van der Waals surface area contributed by atoms with Crippen molar-refractivity contribution >= 4 is 23.1 Å². The summed E-state index contributed by atoms with van der Waals surface area (Å²) in [6.45, 7) is 5.77. The molecule has 0 radical (unpaired) electrons. The van der Waals surface area contributed by atoms with E-state index in [9.17, 15) is 14.0 Å². The van der Waals surface area contributed by atoms with Crippen LogP contribution in [-0.2, 0) is 16.1 Å². The number of carbonyl (C=O) groups excluding carboxylic acids is 2. The highest BCUT2D eigenvalue weighted by molar-refractivity contribution is 6.36. The summed E-state index contributed by atoms with van der Waals surface area (Å²) < 4.78 is 14.2. The first-order chi connectivity index (χ1) is 14.8. The van der Waals surface area contributed by atoms with Crippen molar-refractivity contribution in [1.29, 1.82) is 0 Å². The summed E-state index contributed by atoms with van der Waals surface area (Å²) in [7, 11) is 0. The Morgan fingerprint density at radius 3 is 2.19 bits per heavy atom. The highest BCUT2D eigenvalue weighted by Crippen LogP contribution is 2.32. The van der Waals surface area contributed by atoms with E-state index in [-0.39, 0.29) is 12.2 Å². The van der Waals surface area contributed by atoms with Crippen molar-refractivity contribution in [2.75, 3.05) is 5.32 Å². The van der Waals surface area contributed by atoms with E-state index in [1.165, 1.54) is 6.07 Å². The van der Waals surface area contributed by atoms with Crippen molar-refractivity contribution in [3.8, 4) is 0 Å². The molecule has 31 heavy (non-hydrogen) atoms. The Kier molecular flexibility index (Phi) is 5.42. The molecule has 0 aromatic heterocycles. The molecule has 3 aromatic rings. The molecule has 4 nitrogen and oxygen atoms in total. The van der Waals surface area contributed by atoms with Gasteiger partial charge in [0.1, 0.15) is 11.5 Å². The standard InChI is InChI=1S/C26H23FN2O2/c1-16-8-11-19(12-9-16)23-24(28-22-13-10-17(2)14-18(22)3)26(31)29(25(23)30)15-20-6-4-5-7-21(20)27/h4-14,28H,15H2,1-3H3. The van der Waals surface area contributed by atoms with Crippen LogP contribution in [0.25, 0.3) is 5.57 Å². The lowest BCUT2D eigenvalue weighted by Gasteiger charge is -2.16. The van der Waals surface area contributed by atoms with Gasteiger partial charge in [-0.1, -0.05) is 65.7 Å². The molecule has 0 saturated carbocycles. The molecule has 2 amide bonds. The van der Waals surface area contributed by atoms with Crippen LogP contribution in [0.4, 0.5) is 10.1 Å². The fourth-order valence-electron chi connectivity index (χ4n) is 3.71. The molecule has 0 fully saturated rings. The molecule has 0 unspecified atom stereocenters. The van der Waals surface area contributed by atoms with Crippen molar-refractivity contribution in [2.24, 2.45) is 0 Å². The van der Waals surface area contributed by atoms with Crippen LogP contribution in [0.1, 0.15) is 27.8 Å². The van der Waals surface area contributed by atoms with E-state index in [1.54, 1.807) is 18.2 Å². The molecule has 4 rings (SSSR count). The molecule has 0 bridgehead atoms. The molecular formula is C26H23FN2O2. The Morgan fingerprint density at radius 2 is 1.52 bits per heavy atom. The summed E-state index contributed by atoms with van der Waals surface area (Å²) >= 11 is 0. The molecule has 1 aliphatic heterocycles. The Bertz CT molecular complexity index is 1210. The molecule has 0 spiro atoms. The van der Waals surface area contributed by atoms with E-state index in [2.05, 4.69) is 5.32 Å². The van der Waals surface area contributed by atoms with Gasteiger partial charge in [-0.25, -0.2) is 4.39 Å². The quantitative estimate of drug-likeness (QED) is 0.588. The highest BCUT2D eigenvalue weighted by Gasteiger charge is 2.39. The summed E-state index contributed by atoms with van der Waals surface area (Å²) in [5.41, 5.74) is 5.30. The van der Waals surface area contributed by atoms with Gasteiger partial charge in [-0.05, 0) is 44.0 Å².